The van der Waals surface area contributed by atoms with Gasteiger partial charge in [0.05, 0.1) is 12.0 Å². The SMILES string of the molecule is Cc1occc(=O)c1[S-]. The topological polar surface area (TPSA) is 30.2 Å². The molecule has 1 rings (SSSR count). The predicted molar refractivity (Wildman–Crippen MR) is 35.3 cm³/mol. The lowest BCUT2D eigenvalue weighted by atomic mass is 10.4. The van der Waals surface area contributed by atoms with Crippen LogP contribution in [-0.2, 0) is 12.6 Å². The minimum Gasteiger partial charge on any atom is -0.773 e. The summed E-state index contributed by atoms with van der Waals surface area (Å²) in [5.41, 5.74) is -0.145. The van der Waals surface area contributed by atoms with Crippen molar-refractivity contribution in [1.29, 1.82) is 0 Å². The van der Waals surface area contributed by atoms with Gasteiger partial charge in [-0.3, -0.25) is 4.79 Å². The molecule has 1 aromatic rings. The molecule has 1 aromatic heterocycles. The second-order valence-electron chi connectivity index (χ2n) is 1.67. The van der Waals surface area contributed by atoms with Crippen LogP contribution in [0.4, 0.5) is 0 Å². The van der Waals surface area contributed by atoms with E-state index in [9.17, 15) is 4.79 Å². The Morgan fingerprint density at radius 2 is 2.33 bits per heavy atom. The van der Waals surface area contributed by atoms with Gasteiger partial charge in [-0.2, -0.15) is 0 Å². The Hall–Kier alpha value is -0.830. The Bertz CT molecular complexity index is 264. The van der Waals surface area contributed by atoms with Crippen LogP contribution in [0.3, 0.4) is 0 Å². The number of rotatable bonds is 0. The molecular formula is C6H5O2S-. The van der Waals surface area contributed by atoms with Crippen LogP contribution in [0, 0.1) is 6.92 Å². The maximum absolute atomic E-state index is 10.7. The van der Waals surface area contributed by atoms with Gasteiger partial charge in [0.1, 0.15) is 0 Å². The van der Waals surface area contributed by atoms with E-state index in [0.29, 0.717) is 5.76 Å². The molecule has 1 heterocycles. The fraction of sp³-hybridized carbons (Fsp3) is 0.167. The molecule has 0 radical (unpaired) electrons. The van der Waals surface area contributed by atoms with Crippen molar-refractivity contribution in [3.05, 3.63) is 28.3 Å². The first-order valence-electron chi connectivity index (χ1n) is 2.47. The molecule has 0 fully saturated rings. The Morgan fingerprint density at radius 3 is 2.78 bits per heavy atom. The molecule has 0 unspecified atom stereocenters. The van der Waals surface area contributed by atoms with Gasteiger partial charge in [0.25, 0.3) is 0 Å². The maximum Gasteiger partial charge on any atom is 0.165 e. The van der Waals surface area contributed by atoms with Crippen LogP contribution in [0.5, 0.6) is 0 Å². The summed E-state index contributed by atoms with van der Waals surface area (Å²) in [6, 6.07) is 1.31. The highest BCUT2D eigenvalue weighted by Gasteiger charge is 1.87. The zero-order chi connectivity index (χ0) is 6.85. The van der Waals surface area contributed by atoms with Crippen molar-refractivity contribution in [2.24, 2.45) is 0 Å². The molecule has 2 nitrogen and oxygen atoms in total. The van der Waals surface area contributed by atoms with Crippen LogP contribution in [0.15, 0.2) is 26.4 Å². The van der Waals surface area contributed by atoms with Gasteiger partial charge in [0.15, 0.2) is 5.43 Å². The van der Waals surface area contributed by atoms with E-state index in [2.05, 4.69) is 12.6 Å². The summed E-state index contributed by atoms with van der Waals surface area (Å²) in [6.07, 6.45) is 1.34. The largest absolute Gasteiger partial charge is 0.773 e. The second-order valence-corrected chi connectivity index (χ2v) is 2.08. The van der Waals surface area contributed by atoms with E-state index in [-0.39, 0.29) is 10.3 Å². The molecule has 0 saturated carbocycles. The van der Waals surface area contributed by atoms with Crippen LogP contribution in [0.25, 0.3) is 0 Å². The van der Waals surface area contributed by atoms with Crippen LogP contribution in [0.1, 0.15) is 5.76 Å². The number of aryl methyl sites for hydroxylation is 1. The summed E-state index contributed by atoms with van der Waals surface area (Å²) in [5, 5.41) is 0. The molecule has 0 aliphatic heterocycles. The smallest absolute Gasteiger partial charge is 0.165 e. The first-order chi connectivity index (χ1) is 4.22. The third-order valence-corrected chi connectivity index (χ3v) is 1.50. The van der Waals surface area contributed by atoms with Gasteiger partial charge in [-0.25, -0.2) is 0 Å². The summed E-state index contributed by atoms with van der Waals surface area (Å²) >= 11 is 4.69. The number of hydrogen-bond donors (Lipinski definition) is 0. The predicted octanol–water partition coefficient (Wildman–Crippen LogP) is 0.854. The summed E-state index contributed by atoms with van der Waals surface area (Å²) in [6.45, 7) is 1.67. The van der Waals surface area contributed by atoms with E-state index in [4.69, 9.17) is 4.42 Å². The van der Waals surface area contributed by atoms with E-state index in [1.807, 2.05) is 0 Å². The van der Waals surface area contributed by atoms with Crippen molar-refractivity contribution >= 4 is 12.6 Å². The summed E-state index contributed by atoms with van der Waals surface area (Å²) in [5.74, 6) is 0.512. The molecule has 0 spiro atoms. The highest BCUT2D eigenvalue weighted by atomic mass is 32.1. The lowest BCUT2D eigenvalue weighted by molar-refractivity contribution is 0.498. The Balaban J connectivity index is 3.43. The minimum absolute atomic E-state index is 0.145. The molecule has 0 aromatic carbocycles. The lowest BCUT2D eigenvalue weighted by Crippen LogP contribution is -2.02. The van der Waals surface area contributed by atoms with E-state index in [1.54, 1.807) is 6.92 Å². The van der Waals surface area contributed by atoms with Crippen molar-refractivity contribution in [2.45, 2.75) is 11.8 Å². The Labute approximate surface area is 57.9 Å². The first-order valence-corrected chi connectivity index (χ1v) is 2.88. The van der Waals surface area contributed by atoms with Crippen molar-refractivity contribution in [3.8, 4) is 0 Å². The molecular weight excluding hydrogens is 136 g/mol. The van der Waals surface area contributed by atoms with Gasteiger partial charge >= 0.3 is 0 Å². The standard InChI is InChI=1S/C6H6O2S/c1-4-6(9)5(7)2-3-8-4/h2-3,9H,1H3/p-1. The quantitative estimate of drug-likeness (QED) is 0.502. The van der Waals surface area contributed by atoms with Gasteiger partial charge in [-0.15, -0.1) is 0 Å². The normalized spacial score (nSPS) is 9.44. The molecule has 48 valence electrons. The minimum atomic E-state index is -0.145. The van der Waals surface area contributed by atoms with Crippen LogP contribution >= 0.6 is 0 Å². The van der Waals surface area contributed by atoms with Crippen molar-refractivity contribution < 1.29 is 4.42 Å². The molecule has 9 heavy (non-hydrogen) atoms. The molecule has 0 amide bonds. The average Bonchev–Trinajstić information content (AvgIpc) is 1.83. The van der Waals surface area contributed by atoms with Crippen LogP contribution < -0.4 is 5.43 Å². The summed E-state index contributed by atoms with van der Waals surface area (Å²) < 4.78 is 4.83. The fourth-order valence-corrected chi connectivity index (χ4v) is 0.617. The van der Waals surface area contributed by atoms with Crippen LogP contribution in [-0.4, -0.2) is 0 Å². The molecule has 0 aliphatic rings. The molecule has 0 N–H and O–H groups in total. The highest BCUT2D eigenvalue weighted by molar-refractivity contribution is 7.58. The van der Waals surface area contributed by atoms with Crippen molar-refractivity contribution in [3.63, 3.8) is 0 Å². The molecule has 3 heteroatoms. The van der Waals surface area contributed by atoms with Gasteiger partial charge in [0.2, 0.25) is 0 Å². The molecule has 0 bridgehead atoms. The Kier molecular flexibility index (Phi) is 1.53. The third kappa shape index (κ3) is 1.10. The Morgan fingerprint density at radius 1 is 1.67 bits per heavy atom. The number of hydrogen-bond acceptors (Lipinski definition) is 3. The second kappa shape index (κ2) is 2.19. The van der Waals surface area contributed by atoms with Gasteiger partial charge in [-0.1, -0.05) is 4.90 Å². The zero-order valence-corrected chi connectivity index (χ0v) is 5.70. The third-order valence-electron chi connectivity index (χ3n) is 1.01. The van der Waals surface area contributed by atoms with E-state index >= 15 is 0 Å². The van der Waals surface area contributed by atoms with Gasteiger partial charge < -0.3 is 17.0 Å². The van der Waals surface area contributed by atoms with Crippen molar-refractivity contribution in [2.75, 3.05) is 0 Å². The van der Waals surface area contributed by atoms with E-state index in [1.165, 1.54) is 12.3 Å². The first kappa shape index (κ1) is 6.29. The molecule has 0 atom stereocenters. The van der Waals surface area contributed by atoms with Crippen LogP contribution in [0.2, 0.25) is 0 Å². The monoisotopic (exact) mass is 141 g/mol. The highest BCUT2D eigenvalue weighted by Crippen LogP contribution is 1.97. The van der Waals surface area contributed by atoms with Gasteiger partial charge in [0, 0.05) is 6.07 Å². The van der Waals surface area contributed by atoms with Gasteiger partial charge in [-0.05, 0) is 6.92 Å². The molecule has 0 saturated heterocycles. The molecule has 0 aliphatic carbocycles. The van der Waals surface area contributed by atoms with Crippen molar-refractivity contribution in [1.82, 2.24) is 0 Å². The van der Waals surface area contributed by atoms with E-state index < -0.39 is 0 Å². The lowest BCUT2D eigenvalue weighted by Gasteiger charge is -2.03. The maximum atomic E-state index is 10.7. The fourth-order valence-electron chi connectivity index (χ4n) is 0.501. The average molecular weight is 141 g/mol. The summed E-state index contributed by atoms with van der Waals surface area (Å²) in [7, 11) is 0. The van der Waals surface area contributed by atoms with E-state index in [0.717, 1.165) is 0 Å². The zero-order valence-electron chi connectivity index (χ0n) is 4.88. The summed E-state index contributed by atoms with van der Waals surface area (Å²) in [4.78, 5) is 11.0.